The van der Waals surface area contributed by atoms with Crippen LogP contribution in [0.3, 0.4) is 0 Å². The first-order valence-corrected chi connectivity index (χ1v) is 9.68. The Labute approximate surface area is 172 Å². The molecule has 0 radical (unpaired) electrons. The summed E-state index contributed by atoms with van der Waals surface area (Å²) < 4.78 is 5.70. The van der Waals surface area contributed by atoms with Crippen molar-refractivity contribution in [1.29, 1.82) is 0 Å². The second-order valence-electron chi connectivity index (χ2n) is 7.38. The Balaban J connectivity index is 0.00000225. The van der Waals surface area contributed by atoms with E-state index in [1.165, 1.54) is 31.5 Å². The lowest BCUT2D eigenvalue weighted by Gasteiger charge is -2.14. The summed E-state index contributed by atoms with van der Waals surface area (Å²) in [7, 11) is 0. The molecule has 2 heterocycles. The molecule has 3 aromatic rings. The molecular weight excluding hydrogens is 372 g/mol. The molecule has 1 saturated heterocycles. The quantitative estimate of drug-likeness (QED) is 0.638. The van der Waals surface area contributed by atoms with E-state index in [0.717, 1.165) is 35.1 Å². The fourth-order valence-corrected chi connectivity index (χ4v) is 3.49. The van der Waals surface area contributed by atoms with E-state index in [2.05, 4.69) is 39.4 Å². The number of H-pyrrole nitrogens is 1. The highest BCUT2D eigenvalue weighted by Crippen LogP contribution is 2.24. The lowest BCUT2D eigenvalue weighted by Crippen LogP contribution is -2.18. The predicted molar refractivity (Wildman–Crippen MR) is 115 cm³/mol. The van der Waals surface area contributed by atoms with Crippen molar-refractivity contribution in [3.63, 3.8) is 0 Å². The third-order valence-electron chi connectivity index (χ3n) is 4.77. The second-order valence-corrected chi connectivity index (χ2v) is 7.38. The van der Waals surface area contributed by atoms with Gasteiger partial charge < -0.3 is 4.74 Å². The highest BCUT2D eigenvalue weighted by Gasteiger charge is 2.13. The number of ether oxygens (including phenoxy) is 1. The van der Waals surface area contributed by atoms with Gasteiger partial charge in [-0.1, -0.05) is 18.2 Å². The normalized spacial score (nSPS) is 14.2. The van der Waals surface area contributed by atoms with Crippen molar-refractivity contribution in [1.82, 2.24) is 20.1 Å². The molecule has 1 aromatic heterocycles. The van der Waals surface area contributed by atoms with Crippen LogP contribution >= 0.6 is 12.4 Å². The predicted octanol–water partition coefficient (Wildman–Crippen LogP) is 4.94. The molecule has 1 aliphatic rings. The van der Waals surface area contributed by atoms with Crippen LogP contribution in [0, 0.1) is 0 Å². The number of nitrogens with one attached hydrogen (secondary N) is 1. The van der Waals surface area contributed by atoms with E-state index < -0.39 is 0 Å². The van der Waals surface area contributed by atoms with Gasteiger partial charge in [0, 0.05) is 17.7 Å². The van der Waals surface area contributed by atoms with E-state index in [9.17, 15) is 0 Å². The Morgan fingerprint density at radius 3 is 2.50 bits per heavy atom. The standard InChI is InChI=1S/C22H26N4O.ClH/c1-16(2)27-20-10-8-18(9-11-20)21-23-22(25-24-21)19-7-5-6-17(14-19)15-26-12-3-4-13-26;/h5-11,14,16H,3-4,12-13,15H2,1-2H3,(H,23,24,25);1H. The van der Waals surface area contributed by atoms with Crippen LogP contribution in [0.4, 0.5) is 0 Å². The van der Waals surface area contributed by atoms with E-state index in [4.69, 9.17) is 9.72 Å². The van der Waals surface area contributed by atoms with Crippen molar-refractivity contribution in [3.8, 4) is 28.5 Å². The Hall–Kier alpha value is -2.37. The summed E-state index contributed by atoms with van der Waals surface area (Å²) >= 11 is 0. The minimum absolute atomic E-state index is 0. The average molecular weight is 399 g/mol. The number of halogens is 1. The first-order valence-electron chi connectivity index (χ1n) is 9.68. The van der Waals surface area contributed by atoms with Crippen molar-refractivity contribution in [2.45, 2.75) is 39.3 Å². The highest BCUT2D eigenvalue weighted by molar-refractivity contribution is 5.85. The first kappa shape index (κ1) is 20.4. The molecule has 5 nitrogen and oxygen atoms in total. The number of hydrogen-bond acceptors (Lipinski definition) is 4. The van der Waals surface area contributed by atoms with Gasteiger partial charge in [-0.05, 0) is 75.7 Å². The molecule has 2 aromatic carbocycles. The average Bonchev–Trinajstić information content (AvgIpc) is 3.34. The minimum Gasteiger partial charge on any atom is -0.491 e. The molecule has 0 aliphatic carbocycles. The van der Waals surface area contributed by atoms with Gasteiger partial charge in [0.15, 0.2) is 11.6 Å². The molecule has 4 rings (SSSR count). The van der Waals surface area contributed by atoms with Crippen molar-refractivity contribution >= 4 is 12.4 Å². The van der Waals surface area contributed by atoms with Crippen LogP contribution in [0.5, 0.6) is 5.75 Å². The van der Waals surface area contributed by atoms with Gasteiger partial charge in [-0.25, -0.2) is 4.98 Å². The van der Waals surface area contributed by atoms with Gasteiger partial charge in [-0.3, -0.25) is 10.00 Å². The molecule has 0 saturated carbocycles. The Morgan fingerprint density at radius 1 is 1.04 bits per heavy atom. The van der Waals surface area contributed by atoms with Gasteiger partial charge in [0.2, 0.25) is 0 Å². The maximum absolute atomic E-state index is 5.70. The number of aromatic amines is 1. The maximum Gasteiger partial charge on any atom is 0.181 e. The Bertz CT molecular complexity index is 886. The Kier molecular flexibility index (Phi) is 6.70. The summed E-state index contributed by atoms with van der Waals surface area (Å²) in [5, 5.41) is 7.49. The molecule has 0 unspecified atom stereocenters. The summed E-state index contributed by atoms with van der Waals surface area (Å²) in [6, 6.07) is 16.5. The minimum atomic E-state index is 0. The second kappa shape index (κ2) is 9.22. The third kappa shape index (κ3) is 4.91. The van der Waals surface area contributed by atoms with Crippen molar-refractivity contribution in [2.75, 3.05) is 13.1 Å². The van der Waals surface area contributed by atoms with E-state index in [-0.39, 0.29) is 18.5 Å². The van der Waals surface area contributed by atoms with Crippen molar-refractivity contribution in [3.05, 3.63) is 54.1 Å². The van der Waals surface area contributed by atoms with Crippen LogP contribution in [-0.4, -0.2) is 39.3 Å². The molecule has 1 aliphatic heterocycles. The number of rotatable bonds is 6. The maximum atomic E-state index is 5.70. The summed E-state index contributed by atoms with van der Waals surface area (Å²) in [5.41, 5.74) is 3.36. The van der Waals surface area contributed by atoms with Crippen LogP contribution in [0.2, 0.25) is 0 Å². The lowest BCUT2D eigenvalue weighted by atomic mass is 10.1. The number of nitrogens with zero attached hydrogens (tertiary/aromatic N) is 3. The zero-order valence-electron chi connectivity index (χ0n) is 16.4. The zero-order chi connectivity index (χ0) is 18.6. The van der Waals surface area contributed by atoms with Gasteiger partial charge in [-0.2, -0.15) is 5.10 Å². The van der Waals surface area contributed by atoms with Gasteiger partial charge in [0.05, 0.1) is 6.10 Å². The molecule has 6 heteroatoms. The van der Waals surface area contributed by atoms with Crippen LogP contribution in [0.1, 0.15) is 32.3 Å². The van der Waals surface area contributed by atoms with Gasteiger partial charge in [-0.15, -0.1) is 12.4 Å². The number of hydrogen-bond donors (Lipinski definition) is 1. The molecule has 28 heavy (non-hydrogen) atoms. The fraction of sp³-hybridized carbons (Fsp3) is 0.364. The van der Waals surface area contributed by atoms with Gasteiger partial charge in [0.25, 0.3) is 0 Å². The van der Waals surface area contributed by atoms with Crippen LogP contribution in [-0.2, 0) is 6.54 Å². The van der Waals surface area contributed by atoms with Crippen molar-refractivity contribution in [2.24, 2.45) is 0 Å². The zero-order valence-corrected chi connectivity index (χ0v) is 17.2. The number of aromatic nitrogens is 3. The molecule has 148 valence electrons. The fourth-order valence-electron chi connectivity index (χ4n) is 3.49. The molecule has 0 amide bonds. The molecule has 1 N–H and O–H groups in total. The Morgan fingerprint density at radius 2 is 1.79 bits per heavy atom. The summed E-state index contributed by atoms with van der Waals surface area (Å²) in [5.74, 6) is 2.37. The van der Waals surface area contributed by atoms with Crippen LogP contribution < -0.4 is 4.74 Å². The van der Waals surface area contributed by atoms with Gasteiger partial charge in [0.1, 0.15) is 5.75 Å². The largest absolute Gasteiger partial charge is 0.491 e. The van der Waals surface area contributed by atoms with E-state index in [1.54, 1.807) is 0 Å². The van der Waals surface area contributed by atoms with Gasteiger partial charge >= 0.3 is 0 Å². The summed E-state index contributed by atoms with van der Waals surface area (Å²) in [6.07, 6.45) is 2.79. The molecule has 1 fully saturated rings. The molecular formula is C22H27ClN4O. The SMILES string of the molecule is CC(C)Oc1ccc(-c2nc(-c3cccc(CN4CCCC4)c3)n[nH]2)cc1.Cl. The smallest absolute Gasteiger partial charge is 0.181 e. The van der Waals surface area contributed by atoms with E-state index in [0.29, 0.717) is 0 Å². The monoisotopic (exact) mass is 398 g/mol. The first-order chi connectivity index (χ1) is 13.2. The van der Waals surface area contributed by atoms with E-state index in [1.807, 2.05) is 38.1 Å². The van der Waals surface area contributed by atoms with Crippen LogP contribution in [0.25, 0.3) is 22.8 Å². The molecule has 0 bridgehead atoms. The van der Waals surface area contributed by atoms with E-state index >= 15 is 0 Å². The van der Waals surface area contributed by atoms with Crippen LogP contribution in [0.15, 0.2) is 48.5 Å². The summed E-state index contributed by atoms with van der Waals surface area (Å²) in [6.45, 7) is 7.45. The lowest BCUT2D eigenvalue weighted by molar-refractivity contribution is 0.242. The third-order valence-corrected chi connectivity index (χ3v) is 4.77. The molecule has 0 spiro atoms. The van der Waals surface area contributed by atoms with Crippen molar-refractivity contribution < 1.29 is 4.74 Å². The molecule has 0 atom stereocenters. The number of likely N-dealkylation sites (tertiary alicyclic amines) is 1. The topological polar surface area (TPSA) is 54.0 Å². The highest BCUT2D eigenvalue weighted by atomic mass is 35.5. The summed E-state index contributed by atoms with van der Waals surface area (Å²) in [4.78, 5) is 7.20. The number of benzene rings is 2.